The lowest BCUT2D eigenvalue weighted by molar-refractivity contribution is 0.0779. The van der Waals surface area contributed by atoms with Crippen molar-refractivity contribution in [2.45, 2.75) is 103 Å². The predicted molar refractivity (Wildman–Crippen MR) is 303 cm³/mol. The molecular weight excluding hydrogens is 905 g/mol. The summed E-state index contributed by atoms with van der Waals surface area (Å²) in [5.41, 5.74) is 14.1. The Bertz CT molecular complexity index is 3390. The summed E-state index contributed by atoms with van der Waals surface area (Å²) in [5.74, 6) is 6.71. The average molecular weight is 969 g/mol. The number of nitrogens with zero attached hydrogens (tertiary/aromatic N) is 4. The molecule has 7 aromatic carbocycles. The highest BCUT2D eigenvalue weighted by Gasteiger charge is 2.46. The Kier molecular flexibility index (Phi) is 11.6. The standard InChI is InChI=1S/C68H64N4S/c1-42-30-47-31-43(2)36-67(35-42,39-47)53-25-21-49(22-26-53)55-10-5-7-12-59(55)65-70-64(52-19-17-51(18-20-52)57-14-9-15-58-61-34-46(41-69)16-29-62(61)73-63(57)58)71-66(72-65)60-13-8-6-11-56(60)50-23-27-54(28-24-50)68-37-44(3)32-48(40-68)33-45(4)38-68/h5-29,34,42-45,47-48H,30-33,35-40H2,1-4H3/t42-,43+,44-,45+,47?,48?,67?,68?. The van der Waals surface area contributed by atoms with Crippen LogP contribution in [0.1, 0.15) is 109 Å². The molecular formula is C68H64N4S. The molecule has 8 atom stereocenters. The Morgan fingerprint density at radius 2 is 0.849 bits per heavy atom. The molecule has 0 spiro atoms. The van der Waals surface area contributed by atoms with Crippen molar-refractivity contribution < 1.29 is 0 Å². The van der Waals surface area contributed by atoms with Gasteiger partial charge in [0.05, 0.1) is 11.6 Å². The maximum atomic E-state index is 9.67. The third-order valence-corrected chi connectivity index (χ3v) is 19.1. The van der Waals surface area contributed by atoms with Crippen LogP contribution >= 0.6 is 11.3 Å². The first-order chi connectivity index (χ1) is 35.6. The number of fused-ring (bicyclic) bond motifs is 7. The first-order valence-electron chi connectivity index (χ1n) is 27.2. The van der Waals surface area contributed by atoms with Crippen molar-refractivity contribution in [2.75, 3.05) is 0 Å². The van der Waals surface area contributed by atoms with Crippen LogP contribution in [-0.2, 0) is 10.8 Å². The van der Waals surface area contributed by atoms with Gasteiger partial charge in [-0.1, -0.05) is 167 Å². The van der Waals surface area contributed by atoms with E-state index in [0.29, 0.717) is 23.0 Å². The highest BCUT2D eigenvalue weighted by molar-refractivity contribution is 7.26. The third kappa shape index (κ3) is 8.41. The van der Waals surface area contributed by atoms with Crippen LogP contribution in [0.5, 0.6) is 0 Å². The van der Waals surface area contributed by atoms with Crippen LogP contribution in [0, 0.1) is 46.8 Å². The molecule has 13 rings (SSSR count). The first-order valence-corrected chi connectivity index (χ1v) is 28.0. The van der Waals surface area contributed by atoms with Crippen molar-refractivity contribution in [1.29, 1.82) is 5.26 Å². The highest BCUT2D eigenvalue weighted by Crippen LogP contribution is 2.56. The van der Waals surface area contributed by atoms with Crippen LogP contribution in [0.25, 0.3) is 87.7 Å². The minimum atomic E-state index is 0.275. The van der Waals surface area contributed by atoms with E-state index in [2.05, 4.69) is 179 Å². The molecule has 0 N–H and O–H groups in total. The van der Waals surface area contributed by atoms with E-state index in [9.17, 15) is 5.26 Å². The lowest BCUT2D eigenvalue weighted by atomic mass is 9.54. The maximum Gasteiger partial charge on any atom is 0.164 e. The summed E-state index contributed by atoms with van der Waals surface area (Å²) in [6.45, 7) is 9.90. The summed E-state index contributed by atoms with van der Waals surface area (Å²) in [6.07, 6.45) is 13.3. The largest absolute Gasteiger partial charge is 0.208 e. The van der Waals surface area contributed by atoms with E-state index in [-0.39, 0.29) is 10.8 Å². The van der Waals surface area contributed by atoms with Gasteiger partial charge >= 0.3 is 0 Å². The van der Waals surface area contributed by atoms with Crippen LogP contribution in [0.2, 0.25) is 0 Å². The van der Waals surface area contributed by atoms with E-state index in [1.54, 1.807) is 11.3 Å². The van der Waals surface area contributed by atoms with Gasteiger partial charge in [-0.2, -0.15) is 5.26 Å². The molecule has 2 aromatic heterocycles. The number of hydrogen-bond acceptors (Lipinski definition) is 5. The van der Waals surface area contributed by atoms with Crippen LogP contribution in [0.3, 0.4) is 0 Å². The SMILES string of the molecule is C[C@@H]1CC2C[C@H](C)CC(c3ccc(-c4ccccc4-c4nc(-c5ccc(-c6cccc7c6sc6ccc(C#N)cc67)cc5)nc(-c5ccccc5-c5ccc(C67CC(C[C@@H](C)C6)C[C@H](C)C7)cc5)n4)cc3)(C2)C1. The van der Waals surface area contributed by atoms with Gasteiger partial charge in [-0.25, -0.2) is 15.0 Å². The molecule has 4 aliphatic rings. The van der Waals surface area contributed by atoms with Crippen molar-refractivity contribution >= 4 is 31.5 Å². The van der Waals surface area contributed by atoms with E-state index in [1.165, 1.54) is 107 Å². The smallest absolute Gasteiger partial charge is 0.164 e. The number of benzene rings is 7. The zero-order valence-corrected chi connectivity index (χ0v) is 43.6. The van der Waals surface area contributed by atoms with Crippen LogP contribution in [-0.4, -0.2) is 15.0 Å². The zero-order valence-electron chi connectivity index (χ0n) is 42.7. The Labute approximate surface area is 435 Å². The molecule has 4 bridgehead atoms. The van der Waals surface area contributed by atoms with E-state index in [1.807, 2.05) is 12.1 Å². The second-order valence-electron chi connectivity index (χ2n) is 23.6. The lowest BCUT2D eigenvalue weighted by Crippen LogP contribution is -2.42. The summed E-state index contributed by atoms with van der Waals surface area (Å²) < 4.78 is 2.40. The minimum absolute atomic E-state index is 0.275. The molecule has 4 fully saturated rings. The topological polar surface area (TPSA) is 62.5 Å². The van der Waals surface area contributed by atoms with Gasteiger partial charge in [0.2, 0.25) is 0 Å². The van der Waals surface area contributed by atoms with Gasteiger partial charge in [0.25, 0.3) is 0 Å². The van der Waals surface area contributed by atoms with Crippen molar-refractivity contribution in [1.82, 2.24) is 15.0 Å². The fourth-order valence-corrected chi connectivity index (χ4v) is 16.8. The highest BCUT2D eigenvalue weighted by atomic mass is 32.1. The summed E-state index contributed by atoms with van der Waals surface area (Å²) in [7, 11) is 0. The Morgan fingerprint density at radius 3 is 1.34 bits per heavy atom. The van der Waals surface area contributed by atoms with E-state index < -0.39 is 0 Å². The summed E-state index contributed by atoms with van der Waals surface area (Å²) in [6, 6.07) is 60.1. The first kappa shape index (κ1) is 46.1. The lowest BCUT2D eigenvalue weighted by Gasteiger charge is -2.50. The fraction of sp³-hybridized carbons (Fsp3) is 0.324. The van der Waals surface area contributed by atoms with E-state index in [4.69, 9.17) is 15.0 Å². The molecule has 4 nitrogen and oxygen atoms in total. The summed E-state index contributed by atoms with van der Waals surface area (Å²) in [5, 5.41) is 12.0. The quantitative estimate of drug-likeness (QED) is 0.152. The van der Waals surface area contributed by atoms with Gasteiger partial charge in [0.1, 0.15) is 0 Å². The van der Waals surface area contributed by atoms with Gasteiger partial charge in [0, 0.05) is 36.9 Å². The molecule has 5 heteroatoms. The van der Waals surface area contributed by atoms with Crippen LogP contribution < -0.4 is 0 Å². The third-order valence-electron chi connectivity index (χ3n) is 17.9. The molecule has 4 aliphatic carbocycles. The van der Waals surface area contributed by atoms with Gasteiger partial charge < -0.3 is 0 Å². The Hall–Kier alpha value is -6.74. The molecule has 0 aliphatic heterocycles. The van der Waals surface area contributed by atoms with E-state index >= 15 is 0 Å². The second kappa shape index (κ2) is 18.3. The Morgan fingerprint density at radius 1 is 0.425 bits per heavy atom. The van der Waals surface area contributed by atoms with Crippen molar-refractivity contribution in [3.05, 3.63) is 174 Å². The molecule has 4 saturated carbocycles. The van der Waals surface area contributed by atoms with E-state index in [0.717, 1.165) is 74.3 Å². The number of hydrogen-bond donors (Lipinski definition) is 0. The van der Waals surface area contributed by atoms with Crippen LogP contribution in [0.15, 0.2) is 158 Å². The minimum Gasteiger partial charge on any atom is -0.208 e. The second-order valence-corrected chi connectivity index (χ2v) is 24.7. The molecule has 0 saturated heterocycles. The van der Waals surface area contributed by atoms with Gasteiger partial charge in [0.15, 0.2) is 17.5 Å². The van der Waals surface area contributed by atoms with Gasteiger partial charge in [-0.05, 0) is 173 Å². The molecule has 73 heavy (non-hydrogen) atoms. The van der Waals surface area contributed by atoms with Crippen molar-refractivity contribution in [2.24, 2.45) is 35.5 Å². The number of thiophene rings is 1. The number of rotatable bonds is 8. The normalized spacial score (nSPS) is 25.6. The maximum absolute atomic E-state index is 9.67. The molecule has 2 heterocycles. The van der Waals surface area contributed by atoms with Gasteiger partial charge in [-0.15, -0.1) is 11.3 Å². The fourth-order valence-electron chi connectivity index (χ4n) is 15.6. The predicted octanol–water partition coefficient (Wildman–Crippen LogP) is 18.3. The number of nitriles is 1. The molecule has 362 valence electrons. The number of aromatic nitrogens is 3. The average Bonchev–Trinajstić information content (AvgIpc) is 3.78. The molecule has 0 radical (unpaired) electrons. The van der Waals surface area contributed by atoms with Crippen molar-refractivity contribution in [3.63, 3.8) is 0 Å². The van der Waals surface area contributed by atoms with Crippen LogP contribution in [0.4, 0.5) is 0 Å². The summed E-state index contributed by atoms with van der Waals surface area (Å²) >= 11 is 1.78. The summed E-state index contributed by atoms with van der Waals surface area (Å²) in [4.78, 5) is 16.2. The zero-order chi connectivity index (χ0) is 49.4. The van der Waals surface area contributed by atoms with Crippen molar-refractivity contribution in [3.8, 4) is 73.6 Å². The molecule has 4 unspecified atom stereocenters. The molecule has 0 amide bonds. The van der Waals surface area contributed by atoms with Gasteiger partial charge in [-0.3, -0.25) is 0 Å². The molecule has 9 aromatic rings. The monoisotopic (exact) mass is 968 g/mol. The Balaban J connectivity index is 0.905.